The molecule has 2 N–H and O–H groups in total. The molecule has 2 saturated carbocycles. The zero-order valence-corrected chi connectivity index (χ0v) is 13.4. The minimum absolute atomic E-state index is 0.101. The Labute approximate surface area is 135 Å². The highest BCUT2D eigenvalue weighted by atomic mass is 16.4. The maximum atomic E-state index is 12.1. The van der Waals surface area contributed by atoms with Crippen molar-refractivity contribution in [2.24, 2.45) is 5.92 Å². The molecule has 2 aliphatic carbocycles. The number of carboxylic acid groups (broad SMARTS) is 1. The Balaban J connectivity index is 1.48. The van der Waals surface area contributed by atoms with Crippen molar-refractivity contribution >= 4 is 11.9 Å². The highest BCUT2D eigenvalue weighted by molar-refractivity contribution is 5.94. The minimum Gasteiger partial charge on any atom is -0.480 e. The zero-order valence-electron chi connectivity index (χ0n) is 13.4. The van der Waals surface area contributed by atoms with Crippen LogP contribution in [0.15, 0.2) is 18.3 Å². The van der Waals surface area contributed by atoms with Crippen molar-refractivity contribution in [2.45, 2.75) is 44.7 Å². The molecule has 0 aliphatic heterocycles. The van der Waals surface area contributed by atoms with Crippen molar-refractivity contribution in [3.63, 3.8) is 0 Å². The average molecular weight is 317 g/mol. The van der Waals surface area contributed by atoms with Gasteiger partial charge in [0.05, 0.1) is 12.1 Å². The van der Waals surface area contributed by atoms with Crippen LogP contribution in [0.4, 0.5) is 0 Å². The highest BCUT2D eigenvalue weighted by Gasteiger charge is 2.37. The molecule has 6 heteroatoms. The van der Waals surface area contributed by atoms with Gasteiger partial charge in [-0.15, -0.1) is 0 Å². The molecule has 1 aromatic heterocycles. The van der Waals surface area contributed by atoms with Crippen LogP contribution in [0.25, 0.3) is 0 Å². The molecule has 124 valence electrons. The summed E-state index contributed by atoms with van der Waals surface area (Å²) in [6, 6.07) is 4.00. The van der Waals surface area contributed by atoms with Gasteiger partial charge in [0.25, 0.3) is 5.91 Å². The Kier molecular flexibility index (Phi) is 4.61. The molecule has 0 radical (unpaired) electrons. The molecule has 0 aromatic carbocycles. The van der Waals surface area contributed by atoms with Gasteiger partial charge < -0.3 is 10.4 Å². The van der Waals surface area contributed by atoms with Crippen LogP contribution in [0.3, 0.4) is 0 Å². The number of aromatic nitrogens is 1. The summed E-state index contributed by atoms with van der Waals surface area (Å²) in [6.07, 6.45) is 5.66. The fourth-order valence-corrected chi connectivity index (χ4v) is 3.02. The van der Waals surface area contributed by atoms with Gasteiger partial charge in [0.2, 0.25) is 0 Å². The summed E-state index contributed by atoms with van der Waals surface area (Å²) in [5, 5.41) is 12.1. The van der Waals surface area contributed by atoms with Crippen LogP contribution < -0.4 is 5.32 Å². The van der Waals surface area contributed by atoms with Crippen molar-refractivity contribution in [1.29, 1.82) is 0 Å². The van der Waals surface area contributed by atoms with E-state index in [9.17, 15) is 9.59 Å². The number of nitrogens with one attached hydrogen (secondary N) is 1. The third-order valence-electron chi connectivity index (χ3n) is 4.67. The number of hydrogen-bond acceptors (Lipinski definition) is 4. The fraction of sp³-hybridized carbons (Fsp3) is 0.588. The molecule has 0 spiro atoms. The van der Waals surface area contributed by atoms with Crippen molar-refractivity contribution in [1.82, 2.24) is 15.2 Å². The molecule has 6 nitrogen and oxygen atoms in total. The Morgan fingerprint density at radius 3 is 2.65 bits per heavy atom. The third-order valence-corrected chi connectivity index (χ3v) is 4.67. The van der Waals surface area contributed by atoms with Gasteiger partial charge >= 0.3 is 5.97 Å². The topological polar surface area (TPSA) is 82.5 Å². The first-order valence-electron chi connectivity index (χ1n) is 8.20. The molecule has 0 bridgehead atoms. The Hall–Kier alpha value is -1.95. The second-order valence-corrected chi connectivity index (χ2v) is 6.75. The molecule has 0 atom stereocenters. The van der Waals surface area contributed by atoms with Crippen LogP contribution in [-0.2, 0) is 4.79 Å². The van der Waals surface area contributed by atoms with Crippen LogP contribution in [0.5, 0.6) is 0 Å². The van der Waals surface area contributed by atoms with Gasteiger partial charge in [0.15, 0.2) is 0 Å². The monoisotopic (exact) mass is 317 g/mol. The Morgan fingerprint density at radius 1 is 1.35 bits per heavy atom. The number of pyridine rings is 1. The molecule has 1 amide bonds. The first-order chi connectivity index (χ1) is 11.0. The van der Waals surface area contributed by atoms with Gasteiger partial charge in [-0.3, -0.25) is 19.5 Å². The zero-order chi connectivity index (χ0) is 16.4. The van der Waals surface area contributed by atoms with Crippen LogP contribution in [0.2, 0.25) is 0 Å². The van der Waals surface area contributed by atoms with Crippen molar-refractivity contribution in [3.05, 3.63) is 29.6 Å². The first kappa shape index (κ1) is 15.9. The van der Waals surface area contributed by atoms with Gasteiger partial charge in [-0.1, -0.05) is 0 Å². The number of carbonyl (C=O) groups excluding carboxylic acids is 1. The van der Waals surface area contributed by atoms with E-state index in [-0.39, 0.29) is 24.5 Å². The fourth-order valence-electron chi connectivity index (χ4n) is 3.02. The molecule has 2 aliphatic rings. The quantitative estimate of drug-likeness (QED) is 0.795. The van der Waals surface area contributed by atoms with Gasteiger partial charge in [-0.2, -0.15) is 0 Å². The van der Waals surface area contributed by atoms with Crippen LogP contribution >= 0.6 is 0 Å². The van der Waals surface area contributed by atoms with Gasteiger partial charge in [0.1, 0.15) is 0 Å². The van der Waals surface area contributed by atoms with E-state index in [0.717, 1.165) is 25.1 Å². The molecule has 1 heterocycles. The Morgan fingerprint density at radius 2 is 2.09 bits per heavy atom. The normalized spacial score (nSPS) is 23.4. The van der Waals surface area contributed by atoms with E-state index < -0.39 is 5.97 Å². The number of carboxylic acids is 1. The predicted octanol–water partition coefficient (Wildman–Crippen LogP) is 1.45. The smallest absolute Gasteiger partial charge is 0.317 e. The van der Waals surface area contributed by atoms with Gasteiger partial charge in [0, 0.05) is 30.5 Å². The number of aliphatic carboxylic acids is 1. The summed E-state index contributed by atoms with van der Waals surface area (Å²) in [4.78, 5) is 29.3. The number of carbonyl (C=O) groups is 2. The molecular weight excluding hydrogens is 294 g/mol. The number of aryl methyl sites for hydroxylation is 1. The lowest BCUT2D eigenvalue weighted by atomic mass is 9.85. The number of rotatable bonds is 7. The summed E-state index contributed by atoms with van der Waals surface area (Å²) >= 11 is 0. The maximum Gasteiger partial charge on any atom is 0.317 e. The molecule has 1 aromatic rings. The van der Waals surface area contributed by atoms with Crippen LogP contribution in [0, 0.1) is 12.8 Å². The number of amides is 1. The standard InChI is InChI=1S/C17H23N3O3/c1-11-2-5-13(8-18-11)17(23)19-14-6-15(7-14)20(10-16(21)22)9-12-3-4-12/h2,5,8,12,14-15H,3-4,6-7,9-10H2,1H3,(H,19,23)(H,21,22). The minimum atomic E-state index is -0.774. The number of hydrogen-bond donors (Lipinski definition) is 2. The van der Waals surface area contributed by atoms with E-state index in [0.29, 0.717) is 11.5 Å². The molecule has 2 fully saturated rings. The third kappa shape index (κ3) is 4.28. The van der Waals surface area contributed by atoms with Crippen molar-refractivity contribution < 1.29 is 14.7 Å². The highest BCUT2D eigenvalue weighted by Crippen LogP contribution is 2.33. The first-order valence-corrected chi connectivity index (χ1v) is 8.20. The van der Waals surface area contributed by atoms with Crippen molar-refractivity contribution in [2.75, 3.05) is 13.1 Å². The average Bonchev–Trinajstić information content (AvgIpc) is 3.25. The number of nitrogens with zero attached hydrogens (tertiary/aromatic N) is 2. The van der Waals surface area contributed by atoms with Crippen LogP contribution in [-0.4, -0.2) is 52.0 Å². The lowest BCUT2D eigenvalue weighted by molar-refractivity contribution is -0.139. The van der Waals surface area contributed by atoms with Gasteiger partial charge in [-0.05, 0) is 50.7 Å². The molecular formula is C17H23N3O3. The summed E-state index contributed by atoms with van der Waals surface area (Å²) in [5.74, 6) is -0.210. The summed E-state index contributed by atoms with van der Waals surface area (Å²) in [5.41, 5.74) is 1.45. The largest absolute Gasteiger partial charge is 0.480 e. The summed E-state index contributed by atoms with van der Waals surface area (Å²) < 4.78 is 0. The molecule has 23 heavy (non-hydrogen) atoms. The Bertz CT molecular complexity index is 577. The molecule has 0 saturated heterocycles. The van der Waals surface area contributed by atoms with E-state index >= 15 is 0 Å². The SMILES string of the molecule is Cc1ccc(C(=O)NC2CC(N(CC(=O)O)CC3CC3)C2)cn1. The van der Waals surface area contributed by atoms with E-state index in [1.54, 1.807) is 12.3 Å². The van der Waals surface area contributed by atoms with Crippen molar-refractivity contribution in [3.8, 4) is 0 Å². The predicted molar refractivity (Wildman–Crippen MR) is 85.2 cm³/mol. The summed E-state index contributed by atoms with van der Waals surface area (Å²) in [7, 11) is 0. The van der Waals surface area contributed by atoms with E-state index in [1.165, 1.54) is 12.8 Å². The van der Waals surface area contributed by atoms with E-state index in [2.05, 4.69) is 15.2 Å². The van der Waals surface area contributed by atoms with Crippen LogP contribution in [0.1, 0.15) is 41.7 Å². The maximum absolute atomic E-state index is 12.1. The molecule has 0 unspecified atom stereocenters. The lowest BCUT2D eigenvalue weighted by Gasteiger charge is -2.42. The summed E-state index contributed by atoms with van der Waals surface area (Å²) in [6.45, 7) is 2.86. The second kappa shape index (κ2) is 6.66. The second-order valence-electron chi connectivity index (χ2n) is 6.75. The van der Waals surface area contributed by atoms with E-state index in [1.807, 2.05) is 13.0 Å². The van der Waals surface area contributed by atoms with E-state index in [4.69, 9.17) is 5.11 Å². The lowest BCUT2D eigenvalue weighted by Crippen LogP contribution is -2.55. The molecule has 3 rings (SSSR count). The van der Waals surface area contributed by atoms with Gasteiger partial charge in [-0.25, -0.2) is 0 Å².